The molecule has 8 nitrogen and oxygen atoms in total. The number of rotatable bonds is 5. The van der Waals surface area contributed by atoms with Crippen LogP contribution in [0.1, 0.15) is 51.5 Å². The SMILES string of the molecule is CC1(C)CN2CCC[C@@]2(COc2nc(N3CC4CCC(C3)N4)c3cc(C(F)(F)F)c(-c4ccc(F)c5sc(N)nc45)c(F)c3n2)C1. The van der Waals surface area contributed by atoms with E-state index >= 15 is 4.39 Å². The lowest BCUT2D eigenvalue weighted by molar-refractivity contribution is -0.137. The predicted molar refractivity (Wildman–Crippen MR) is 167 cm³/mol. The minimum Gasteiger partial charge on any atom is -0.461 e. The van der Waals surface area contributed by atoms with E-state index in [1.54, 1.807) is 0 Å². The monoisotopic (exact) mass is 659 g/mol. The maximum atomic E-state index is 16.9. The van der Waals surface area contributed by atoms with E-state index in [4.69, 9.17) is 15.5 Å². The quantitative estimate of drug-likeness (QED) is 0.239. The summed E-state index contributed by atoms with van der Waals surface area (Å²) in [4.78, 5) is 17.6. The largest absolute Gasteiger partial charge is 0.461 e. The predicted octanol–water partition coefficient (Wildman–Crippen LogP) is 6.37. The Morgan fingerprint density at radius 3 is 2.59 bits per heavy atom. The Morgan fingerprint density at radius 2 is 1.85 bits per heavy atom. The van der Waals surface area contributed by atoms with Crippen LogP contribution in [0.15, 0.2) is 18.2 Å². The second-order valence-electron chi connectivity index (χ2n) is 14.1. The van der Waals surface area contributed by atoms with Crippen LogP contribution >= 0.6 is 11.3 Å². The minimum absolute atomic E-state index is 0.0415. The fourth-order valence-electron chi connectivity index (χ4n) is 8.47. The van der Waals surface area contributed by atoms with E-state index in [1.165, 1.54) is 0 Å². The molecule has 2 aromatic carbocycles. The zero-order valence-electron chi connectivity index (χ0n) is 25.5. The number of anilines is 2. The number of halogens is 5. The first-order valence-electron chi connectivity index (χ1n) is 15.7. The molecule has 2 aromatic heterocycles. The zero-order chi connectivity index (χ0) is 32.2. The Balaban J connectivity index is 1.31. The molecule has 4 aliphatic heterocycles. The molecule has 3 N–H and O–H groups in total. The van der Waals surface area contributed by atoms with Crippen molar-refractivity contribution in [3.05, 3.63) is 35.4 Å². The van der Waals surface area contributed by atoms with Gasteiger partial charge in [-0.15, -0.1) is 0 Å². The highest BCUT2D eigenvalue weighted by molar-refractivity contribution is 7.22. The van der Waals surface area contributed by atoms with E-state index in [9.17, 15) is 17.6 Å². The minimum atomic E-state index is -4.96. The third-order valence-electron chi connectivity index (χ3n) is 10.1. The van der Waals surface area contributed by atoms with Gasteiger partial charge in [-0.2, -0.15) is 23.1 Å². The molecule has 4 saturated heterocycles. The highest BCUT2D eigenvalue weighted by atomic mass is 32.1. The van der Waals surface area contributed by atoms with Gasteiger partial charge in [0.05, 0.1) is 21.3 Å². The zero-order valence-corrected chi connectivity index (χ0v) is 26.3. The van der Waals surface area contributed by atoms with Gasteiger partial charge < -0.3 is 20.7 Å². The fourth-order valence-corrected chi connectivity index (χ4v) is 9.23. The Hall–Kier alpha value is -3.36. The van der Waals surface area contributed by atoms with Crippen molar-refractivity contribution < 1.29 is 26.7 Å². The van der Waals surface area contributed by atoms with Crippen LogP contribution in [0.4, 0.5) is 32.9 Å². The molecule has 0 saturated carbocycles. The van der Waals surface area contributed by atoms with Gasteiger partial charge in [0, 0.05) is 48.2 Å². The first kappa shape index (κ1) is 30.0. The summed E-state index contributed by atoms with van der Waals surface area (Å²) >= 11 is 0.791. The van der Waals surface area contributed by atoms with Crippen molar-refractivity contribution in [2.24, 2.45) is 5.41 Å². The van der Waals surface area contributed by atoms with Crippen LogP contribution in [0.25, 0.3) is 32.2 Å². The van der Waals surface area contributed by atoms with E-state index < -0.39 is 28.9 Å². The first-order chi connectivity index (χ1) is 21.8. The highest BCUT2D eigenvalue weighted by Crippen LogP contribution is 2.49. The van der Waals surface area contributed by atoms with Gasteiger partial charge in [0.2, 0.25) is 0 Å². The van der Waals surface area contributed by atoms with Crippen molar-refractivity contribution in [1.82, 2.24) is 25.2 Å². The molecule has 0 radical (unpaired) electrons. The smallest absolute Gasteiger partial charge is 0.417 e. The number of alkyl halides is 3. The first-order valence-corrected chi connectivity index (χ1v) is 16.5. The van der Waals surface area contributed by atoms with E-state index in [1.807, 2.05) is 4.90 Å². The molecule has 14 heteroatoms. The van der Waals surface area contributed by atoms with Crippen LogP contribution in [0, 0.1) is 17.0 Å². The van der Waals surface area contributed by atoms with Crippen LogP contribution in [0.5, 0.6) is 6.01 Å². The maximum absolute atomic E-state index is 16.9. The molecule has 0 amide bonds. The lowest BCUT2D eigenvalue weighted by Crippen LogP contribution is -2.51. The van der Waals surface area contributed by atoms with E-state index in [-0.39, 0.29) is 66.7 Å². The van der Waals surface area contributed by atoms with Gasteiger partial charge in [0.1, 0.15) is 23.8 Å². The molecule has 4 aliphatic rings. The molecule has 4 fully saturated rings. The van der Waals surface area contributed by atoms with Gasteiger partial charge in [-0.25, -0.2) is 13.8 Å². The molecule has 6 heterocycles. The van der Waals surface area contributed by atoms with Gasteiger partial charge in [-0.05, 0) is 62.3 Å². The Labute approximate surface area is 266 Å². The second kappa shape index (κ2) is 10.3. The standard InChI is InChI=1S/C32H34F5N7OS/c1-30(2)13-31(8-3-9-44(31)14-30)15-45-29-41-24-19(27(42-29)43-11-16-4-5-17(12-43)39-16)10-20(32(35,36)37)22(23(24)34)18-6-7-21(33)26-25(18)40-28(38)46-26/h6-7,10,16-17,39H,3-5,8-9,11-15H2,1-2H3,(H2,38,40)/t16?,17?,31-/m0/s1. The summed E-state index contributed by atoms with van der Waals surface area (Å²) in [6.07, 6.45) is -0.175. The third kappa shape index (κ3) is 4.86. The fraction of sp³-hybridized carbons (Fsp3) is 0.531. The van der Waals surface area contributed by atoms with Gasteiger partial charge in [0.15, 0.2) is 10.9 Å². The lowest BCUT2D eigenvalue weighted by Gasteiger charge is -2.35. The number of nitrogens with one attached hydrogen (secondary N) is 1. The summed E-state index contributed by atoms with van der Waals surface area (Å²) in [5, 5.41) is 3.43. The molecule has 8 rings (SSSR count). The number of nitrogen functional groups attached to an aromatic ring is 1. The number of benzene rings is 2. The number of nitrogens with two attached hydrogens (primary N) is 1. The number of fused-ring (bicyclic) bond motifs is 5. The number of hydrogen-bond donors (Lipinski definition) is 2. The Kier molecular flexibility index (Phi) is 6.73. The number of ether oxygens (including phenoxy) is 1. The van der Waals surface area contributed by atoms with E-state index in [0.717, 1.165) is 74.7 Å². The molecule has 0 aliphatic carbocycles. The summed E-state index contributed by atoms with van der Waals surface area (Å²) in [6.45, 7) is 7.67. The van der Waals surface area contributed by atoms with Crippen LogP contribution in [-0.2, 0) is 6.18 Å². The van der Waals surface area contributed by atoms with Crippen LogP contribution in [-0.4, -0.2) is 70.3 Å². The van der Waals surface area contributed by atoms with Gasteiger partial charge in [-0.3, -0.25) is 4.90 Å². The van der Waals surface area contributed by atoms with Crippen LogP contribution in [0.3, 0.4) is 0 Å². The average molecular weight is 660 g/mol. The van der Waals surface area contributed by atoms with Gasteiger partial charge in [0.25, 0.3) is 0 Å². The highest BCUT2D eigenvalue weighted by Gasteiger charge is 2.52. The topological polar surface area (TPSA) is 92.4 Å². The summed E-state index contributed by atoms with van der Waals surface area (Å²) in [5.41, 5.74) is 3.10. The summed E-state index contributed by atoms with van der Waals surface area (Å²) in [5.74, 6) is -1.69. The second-order valence-corrected chi connectivity index (χ2v) is 15.1. The molecular formula is C32H34F5N7OS. The number of hydrogen-bond acceptors (Lipinski definition) is 9. The molecule has 2 unspecified atom stereocenters. The van der Waals surface area contributed by atoms with Crippen molar-refractivity contribution in [2.75, 3.05) is 43.4 Å². The maximum Gasteiger partial charge on any atom is 0.417 e. The van der Waals surface area contributed by atoms with Gasteiger partial charge >= 0.3 is 12.2 Å². The number of piperazine rings is 1. The molecule has 244 valence electrons. The number of nitrogens with zero attached hydrogens (tertiary/aromatic N) is 5. The summed E-state index contributed by atoms with van der Waals surface area (Å²) in [7, 11) is 0. The van der Waals surface area contributed by atoms with Crippen molar-refractivity contribution in [2.45, 2.75) is 69.8 Å². The third-order valence-corrected chi connectivity index (χ3v) is 11.0. The average Bonchev–Trinajstić information content (AvgIpc) is 3.72. The molecule has 3 atom stereocenters. The van der Waals surface area contributed by atoms with Crippen molar-refractivity contribution in [1.29, 1.82) is 0 Å². The van der Waals surface area contributed by atoms with Crippen LogP contribution in [0.2, 0.25) is 0 Å². The molecular weight excluding hydrogens is 625 g/mol. The van der Waals surface area contributed by atoms with Crippen molar-refractivity contribution in [3.63, 3.8) is 0 Å². The Morgan fingerprint density at radius 1 is 1.09 bits per heavy atom. The summed E-state index contributed by atoms with van der Waals surface area (Å²) < 4.78 is 82.3. The van der Waals surface area contributed by atoms with E-state index in [0.29, 0.717) is 19.7 Å². The Bertz CT molecular complexity index is 1870. The number of thiazole rings is 1. The number of aromatic nitrogens is 3. The molecule has 0 spiro atoms. The van der Waals surface area contributed by atoms with Crippen LogP contribution < -0.4 is 20.7 Å². The van der Waals surface area contributed by atoms with Gasteiger partial charge in [-0.1, -0.05) is 25.2 Å². The summed E-state index contributed by atoms with van der Waals surface area (Å²) in [6, 6.07) is 3.25. The molecule has 46 heavy (non-hydrogen) atoms. The van der Waals surface area contributed by atoms with Crippen molar-refractivity contribution >= 4 is 43.4 Å². The lowest BCUT2D eigenvalue weighted by atomic mass is 9.83. The molecule has 4 aromatic rings. The van der Waals surface area contributed by atoms with Crippen molar-refractivity contribution in [3.8, 4) is 17.1 Å². The normalized spacial score (nSPS) is 26.0. The van der Waals surface area contributed by atoms with E-state index in [2.05, 4.69) is 34.0 Å². The molecule has 2 bridgehead atoms.